The molecule has 0 aliphatic heterocycles. The summed E-state index contributed by atoms with van der Waals surface area (Å²) in [6.45, 7) is 7.72. The number of nitrogens with one attached hydrogen (secondary N) is 1. The smallest absolute Gasteiger partial charge is 0.252 e. The van der Waals surface area contributed by atoms with Crippen molar-refractivity contribution in [2.45, 2.75) is 40.4 Å². The zero-order chi connectivity index (χ0) is 19.1. The molecular formula is C20H24N5OS+. The van der Waals surface area contributed by atoms with E-state index in [9.17, 15) is 0 Å². The minimum absolute atomic E-state index is 0.559. The van der Waals surface area contributed by atoms with Crippen LogP contribution < -0.4 is 4.90 Å². The van der Waals surface area contributed by atoms with Crippen molar-refractivity contribution in [1.29, 1.82) is 0 Å². The quantitative estimate of drug-likeness (QED) is 0.539. The number of rotatable bonds is 5. The third-order valence-corrected chi connectivity index (χ3v) is 5.18. The fraction of sp³-hybridized carbons (Fsp3) is 0.350. The molecular weight excluding hydrogens is 358 g/mol. The molecule has 7 heteroatoms. The van der Waals surface area contributed by atoms with Gasteiger partial charge in [-0.2, -0.15) is 4.98 Å². The van der Waals surface area contributed by atoms with Crippen molar-refractivity contribution in [3.8, 4) is 0 Å². The first-order chi connectivity index (χ1) is 13.0. The minimum atomic E-state index is 0.559. The number of quaternary nitrogens is 1. The van der Waals surface area contributed by atoms with Crippen LogP contribution >= 0.6 is 12.2 Å². The highest BCUT2D eigenvalue weighted by atomic mass is 32.1. The molecule has 3 aromatic heterocycles. The number of fused-ring (bicyclic) bond motifs is 2. The van der Waals surface area contributed by atoms with Gasteiger partial charge in [-0.3, -0.25) is 0 Å². The molecule has 27 heavy (non-hydrogen) atoms. The molecule has 4 aromatic rings. The van der Waals surface area contributed by atoms with Gasteiger partial charge in [-0.1, -0.05) is 25.1 Å². The van der Waals surface area contributed by atoms with Gasteiger partial charge in [0, 0.05) is 23.2 Å². The maximum atomic E-state index is 6.04. The highest BCUT2D eigenvalue weighted by molar-refractivity contribution is 7.71. The molecule has 0 aliphatic rings. The number of nitrogens with zero attached hydrogens (tertiary/aromatic N) is 4. The molecule has 6 nitrogen and oxygen atoms in total. The summed E-state index contributed by atoms with van der Waals surface area (Å²) in [6, 6.07) is 10.3. The fourth-order valence-electron chi connectivity index (χ4n) is 3.74. The fourth-order valence-corrected chi connectivity index (χ4v) is 3.97. The van der Waals surface area contributed by atoms with Crippen LogP contribution in [0.2, 0.25) is 0 Å². The van der Waals surface area contributed by atoms with E-state index in [2.05, 4.69) is 43.0 Å². The van der Waals surface area contributed by atoms with Gasteiger partial charge in [-0.25, -0.2) is 14.2 Å². The molecule has 0 bridgehead atoms. The first-order valence-electron chi connectivity index (χ1n) is 9.22. The van der Waals surface area contributed by atoms with Gasteiger partial charge >= 0.3 is 0 Å². The van der Waals surface area contributed by atoms with Crippen molar-refractivity contribution < 1.29 is 9.32 Å². The number of furan rings is 1. The van der Waals surface area contributed by atoms with Crippen LogP contribution in [0.5, 0.6) is 0 Å². The topological polar surface area (TPSA) is 52.7 Å². The van der Waals surface area contributed by atoms with E-state index >= 15 is 0 Å². The average molecular weight is 383 g/mol. The first kappa shape index (κ1) is 17.9. The summed E-state index contributed by atoms with van der Waals surface area (Å²) in [5.41, 5.74) is 4.26. The molecule has 140 valence electrons. The van der Waals surface area contributed by atoms with Gasteiger partial charge in [0.25, 0.3) is 5.78 Å². The zero-order valence-electron chi connectivity index (χ0n) is 16.1. The van der Waals surface area contributed by atoms with Gasteiger partial charge in [0.1, 0.15) is 17.9 Å². The van der Waals surface area contributed by atoms with E-state index < -0.39 is 0 Å². The van der Waals surface area contributed by atoms with Gasteiger partial charge in [0.2, 0.25) is 4.77 Å². The lowest BCUT2D eigenvalue weighted by molar-refractivity contribution is -0.917. The summed E-state index contributed by atoms with van der Waals surface area (Å²) in [7, 11) is 2.17. The minimum Gasteiger partial charge on any atom is -0.461 e. The Labute approximate surface area is 163 Å². The summed E-state index contributed by atoms with van der Waals surface area (Å²) in [4.78, 5) is 10.3. The highest BCUT2D eigenvalue weighted by Crippen LogP contribution is 2.25. The van der Waals surface area contributed by atoms with E-state index in [1.165, 1.54) is 15.8 Å². The monoisotopic (exact) mass is 382 g/mol. The van der Waals surface area contributed by atoms with Crippen molar-refractivity contribution in [3.63, 3.8) is 0 Å². The summed E-state index contributed by atoms with van der Waals surface area (Å²) >= 11 is 5.51. The lowest BCUT2D eigenvalue weighted by Gasteiger charge is -2.16. The Balaban J connectivity index is 1.68. The van der Waals surface area contributed by atoms with Gasteiger partial charge in [-0.05, 0) is 38.2 Å². The SMILES string of the molecule is CCc1oc2ccccc2c1C[NH+](C)Cn1c(=S)nc2nc(C)cc(C)n21. The maximum absolute atomic E-state index is 6.04. The molecule has 0 saturated carbocycles. The average Bonchev–Trinajstić information content (AvgIpc) is 3.13. The second-order valence-corrected chi connectivity index (χ2v) is 7.46. The first-order valence-corrected chi connectivity index (χ1v) is 9.63. The van der Waals surface area contributed by atoms with E-state index in [-0.39, 0.29) is 0 Å². The lowest BCUT2D eigenvalue weighted by atomic mass is 10.1. The Morgan fingerprint density at radius 3 is 2.74 bits per heavy atom. The second kappa shape index (κ2) is 6.90. The molecule has 0 radical (unpaired) electrons. The van der Waals surface area contributed by atoms with Crippen LogP contribution in [0.25, 0.3) is 16.7 Å². The predicted molar refractivity (Wildman–Crippen MR) is 107 cm³/mol. The summed E-state index contributed by atoms with van der Waals surface area (Å²) in [6.07, 6.45) is 0.884. The molecule has 0 saturated heterocycles. The Morgan fingerprint density at radius 2 is 1.96 bits per heavy atom. The van der Waals surface area contributed by atoms with Gasteiger partial charge in [-0.15, -0.1) is 0 Å². The molecule has 0 spiro atoms. The van der Waals surface area contributed by atoms with Crippen LogP contribution in [0.1, 0.15) is 29.6 Å². The molecule has 1 atom stereocenters. The summed E-state index contributed by atoms with van der Waals surface area (Å²) in [5, 5.41) is 1.20. The standard InChI is InChI=1S/C20H23N5OS/c1-5-17-16(15-8-6-7-9-18(15)26-17)11-23(4)12-24-20(27)22-19-21-13(2)10-14(3)25(19)24/h6-10H,5,11-12H2,1-4H3/p+1. The molecule has 0 aliphatic carbocycles. The van der Waals surface area contributed by atoms with Crippen LogP contribution in [0.4, 0.5) is 0 Å². The number of para-hydroxylation sites is 1. The van der Waals surface area contributed by atoms with E-state index in [0.29, 0.717) is 17.2 Å². The predicted octanol–water partition coefficient (Wildman–Crippen LogP) is 2.86. The van der Waals surface area contributed by atoms with E-state index in [4.69, 9.17) is 16.6 Å². The largest absolute Gasteiger partial charge is 0.461 e. The van der Waals surface area contributed by atoms with Crippen molar-refractivity contribution in [2.75, 3.05) is 7.05 Å². The lowest BCUT2D eigenvalue weighted by Crippen LogP contribution is -3.07. The second-order valence-electron chi connectivity index (χ2n) is 7.09. The number of aromatic nitrogens is 4. The van der Waals surface area contributed by atoms with E-state index in [1.54, 1.807) is 0 Å². The van der Waals surface area contributed by atoms with Crippen LogP contribution in [-0.2, 0) is 19.6 Å². The molecule has 0 fully saturated rings. The van der Waals surface area contributed by atoms with Gasteiger partial charge in [0.15, 0.2) is 6.67 Å². The Morgan fingerprint density at radius 1 is 1.19 bits per heavy atom. The van der Waals surface area contributed by atoms with Crippen molar-refractivity contribution in [1.82, 2.24) is 19.2 Å². The van der Waals surface area contributed by atoms with Crippen LogP contribution in [0, 0.1) is 18.6 Å². The third-order valence-electron chi connectivity index (χ3n) is 4.88. The Bertz CT molecular complexity index is 1190. The van der Waals surface area contributed by atoms with E-state index in [0.717, 1.165) is 35.7 Å². The molecule has 3 heterocycles. The Hall–Kier alpha value is -2.51. The third kappa shape index (κ3) is 3.17. The number of hydrogen-bond acceptors (Lipinski definition) is 4. The summed E-state index contributed by atoms with van der Waals surface area (Å²) < 4.78 is 10.6. The van der Waals surface area contributed by atoms with Gasteiger partial charge < -0.3 is 9.32 Å². The highest BCUT2D eigenvalue weighted by Gasteiger charge is 2.18. The Kier molecular flexibility index (Phi) is 4.57. The number of hydrogen-bond donors (Lipinski definition) is 1. The van der Waals surface area contributed by atoms with E-state index in [1.807, 2.05) is 34.3 Å². The zero-order valence-corrected chi connectivity index (χ0v) is 16.9. The number of benzene rings is 1. The maximum Gasteiger partial charge on any atom is 0.252 e. The molecule has 1 unspecified atom stereocenters. The number of aryl methyl sites for hydroxylation is 3. The van der Waals surface area contributed by atoms with Gasteiger partial charge in [0.05, 0.1) is 12.6 Å². The van der Waals surface area contributed by atoms with Crippen molar-refractivity contribution in [2.24, 2.45) is 0 Å². The molecule has 1 aromatic carbocycles. The molecule has 0 amide bonds. The van der Waals surface area contributed by atoms with Crippen LogP contribution in [-0.4, -0.2) is 26.2 Å². The molecule has 1 N–H and O–H groups in total. The normalized spacial score (nSPS) is 12.9. The van der Waals surface area contributed by atoms with Crippen LogP contribution in [0.3, 0.4) is 0 Å². The van der Waals surface area contributed by atoms with Crippen molar-refractivity contribution >= 4 is 29.0 Å². The van der Waals surface area contributed by atoms with Crippen molar-refractivity contribution in [3.05, 3.63) is 57.8 Å². The molecule has 4 rings (SSSR count). The summed E-state index contributed by atoms with van der Waals surface area (Å²) in [5.74, 6) is 1.72. The van der Waals surface area contributed by atoms with Crippen LogP contribution in [0.15, 0.2) is 34.7 Å².